The summed E-state index contributed by atoms with van der Waals surface area (Å²) in [6.45, 7) is 3.75. The Labute approximate surface area is 110 Å². The predicted octanol–water partition coefficient (Wildman–Crippen LogP) is 2.12. The van der Waals surface area contributed by atoms with Crippen molar-refractivity contribution in [2.45, 2.75) is 13.8 Å². The Morgan fingerprint density at radius 3 is 2.68 bits per heavy atom. The van der Waals surface area contributed by atoms with Crippen LogP contribution in [0.1, 0.15) is 21.7 Å². The van der Waals surface area contributed by atoms with Crippen LogP contribution < -0.4 is 11.1 Å². The molecule has 2 aromatic rings. The molecule has 0 saturated carbocycles. The molecule has 0 aromatic carbocycles. The van der Waals surface area contributed by atoms with Crippen molar-refractivity contribution in [2.24, 2.45) is 0 Å². The van der Waals surface area contributed by atoms with Crippen LogP contribution in [0.5, 0.6) is 0 Å². The third-order valence-electron chi connectivity index (χ3n) is 2.70. The molecule has 4 N–H and O–H groups in total. The van der Waals surface area contributed by atoms with Crippen LogP contribution in [0.15, 0.2) is 24.4 Å². The van der Waals surface area contributed by atoms with E-state index in [9.17, 15) is 4.79 Å². The highest BCUT2D eigenvalue weighted by Gasteiger charge is 2.13. The summed E-state index contributed by atoms with van der Waals surface area (Å²) in [5.74, 6) is -0.768. The van der Waals surface area contributed by atoms with E-state index in [0.29, 0.717) is 5.82 Å². The maximum Gasteiger partial charge on any atom is 0.337 e. The lowest BCUT2D eigenvalue weighted by Gasteiger charge is -2.11. The monoisotopic (exact) mass is 258 g/mol. The van der Waals surface area contributed by atoms with Gasteiger partial charge in [0.15, 0.2) is 5.82 Å². The zero-order valence-electron chi connectivity index (χ0n) is 10.6. The molecule has 0 amide bonds. The van der Waals surface area contributed by atoms with Gasteiger partial charge in [-0.1, -0.05) is 0 Å². The highest BCUT2D eigenvalue weighted by molar-refractivity contribution is 5.96. The van der Waals surface area contributed by atoms with Crippen molar-refractivity contribution in [3.8, 4) is 0 Å². The van der Waals surface area contributed by atoms with Crippen LogP contribution in [0.3, 0.4) is 0 Å². The molecule has 0 aliphatic carbocycles. The Bertz CT molecular complexity index is 641. The van der Waals surface area contributed by atoms with E-state index >= 15 is 0 Å². The van der Waals surface area contributed by atoms with Crippen LogP contribution in [0.4, 0.5) is 17.2 Å². The minimum absolute atomic E-state index is 0.0234. The molecule has 2 heterocycles. The number of aromatic carboxylic acids is 1. The van der Waals surface area contributed by atoms with Gasteiger partial charge in [0.25, 0.3) is 0 Å². The van der Waals surface area contributed by atoms with Gasteiger partial charge in [0.05, 0.1) is 22.6 Å². The van der Waals surface area contributed by atoms with Gasteiger partial charge in [0.2, 0.25) is 0 Å². The Hall–Kier alpha value is -2.63. The highest BCUT2D eigenvalue weighted by Crippen LogP contribution is 2.25. The fraction of sp³-hybridized carbons (Fsp3) is 0.154. The van der Waals surface area contributed by atoms with Gasteiger partial charge in [-0.3, -0.25) is 4.98 Å². The average Bonchev–Trinajstić information content (AvgIpc) is 2.34. The lowest BCUT2D eigenvalue weighted by atomic mass is 10.2. The van der Waals surface area contributed by atoms with Crippen molar-refractivity contribution in [3.05, 3.63) is 41.3 Å². The summed E-state index contributed by atoms with van der Waals surface area (Å²) in [7, 11) is 0. The molecule has 2 aromatic heterocycles. The smallest absolute Gasteiger partial charge is 0.337 e. The van der Waals surface area contributed by atoms with Gasteiger partial charge in [0, 0.05) is 11.9 Å². The van der Waals surface area contributed by atoms with Gasteiger partial charge in [-0.15, -0.1) is 0 Å². The number of carboxylic acids is 1. The molecule has 0 atom stereocenters. The number of carbonyl (C=O) groups is 1. The summed E-state index contributed by atoms with van der Waals surface area (Å²) in [6.07, 6.45) is 1.40. The van der Waals surface area contributed by atoms with E-state index in [0.717, 1.165) is 17.1 Å². The number of carboxylic acid groups (broad SMARTS) is 1. The number of anilines is 3. The minimum Gasteiger partial charge on any atom is -0.478 e. The van der Waals surface area contributed by atoms with Crippen molar-refractivity contribution >= 4 is 23.2 Å². The van der Waals surface area contributed by atoms with Gasteiger partial charge >= 0.3 is 5.97 Å². The molecule has 0 aliphatic heterocycles. The quantitative estimate of drug-likeness (QED) is 0.779. The largest absolute Gasteiger partial charge is 0.478 e. The number of hydrogen-bond donors (Lipinski definition) is 3. The number of nitrogens with two attached hydrogens (primary N) is 1. The van der Waals surface area contributed by atoms with E-state index in [1.807, 2.05) is 26.0 Å². The summed E-state index contributed by atoms with van der Waals surface area (Å²) in [5.41, 5.74) is 8.36. The molecule has 0 spiro atoms. The van der Waals surface area contributed by atoms with E-state index in [2.05, 4.69) is 15.3 Å². The van der Waals surface area contributed by atoms with Crippen molar-refractivity contribution in [2.75, 3.05) is 11.1 Å². The number of nitrogens with one attached hydrogen (secondary N) is 1. The third kappa shape index (κ3) is 2.62. The zero-order chi connectivity index (χ0) is 14.0. The van der Waals surface area contributed by atoms with Gasteiger partial charge in [-0.2, -0.15) is 0 Å². The lowest BCUT2D eigenvalue weighted by Crippen LogP contribution is -2.07. The normalized spacial score (nSPS) is 10.2. The molecule has 0 fully saturated rings. The molecule has 6 heteroatoms. The van der Waals surface area contributed by atoms with E-state index in [-0.39, 0.29) is 11.3 Å². The first kappa shape index (κ1) is 12.8. The minimum atomic E-state index is -1.08. The number of rotatable bonds is 3. The first-order valence-corrected chi connectivity index (χ1v) is 5.68. The number of aryl methyl sites for hydroxylation is 2. The molecular weight excluding hydrogens is 244 g/mol. The van der Waals surface area contributed by atoms with Crippen LogP contribution in [0.2, 0.25) is 0 Å². The molecule has 6 nitrogen and oxygen atoms in total. The van der Waals surface area contributed by atoms with Crippen LogP contribution in [-0.2, 0) is 0 Å². The van der Waals surface area contributed by atoms with E-state index in [1.165, 1.54) is 12.3 Å². The van der Waals surface area contributed by atoms with E-state index in [1.54, 1.807) is 0 Å². The SMILES string of the molecule is Cc1ccc(Nc2nccc(C(=O)O)c2N)c(C)n1. The van der Waals surface area contributed by atoms with Crippen molar-refractivity contribution < 1.29 is 9.90 Å². The van der Waals surface area contributed by atoms with Crippen LogP contribution in [0, 0.1) is 13.8 Å². The molecule has 0 unspecified atom stereocenters. The Balaban J connectivity index is 2.38. The summed E-state index contributed by atoms with van der Waals surface area (Å²) in [5, 5.41) is 12.0. The Morgan fingerprint density at radius 1 is 1.32 bits per heavy atom. The molecule has 0 radical (unpaired) electrons. The molecular formula is C13H14N4O2. The molecule has 0 bridgehead atoms. The average molecular weight is 258 g/mol. The first-order chi connectivity index (χ1) is 8.99. The zero-order valence-corrected chi connectivity index (χ0v) is 10.6. The summed E-state index contributed by atoms with van der Waals surface area (Å²) >= 11 is 0. The second kappa shape index (κ2) is 4.93. The molecule has 0 aliphatic rings. The molecule has 98 valence electrons. The van der Waals surface area contributed by atoms with Gasteiger partial charge in [-0.05, 0) is 32.0 Å². The predicted molar refractivity (Wildman–Crippen MR) is 72.6 cm³/mol. The molecule has 0 saturated heterocycles. The second-order valence-corrected chi connectivity index (χ2v) is 4.14. The molecule has 2 rings (SSSR count). The number of pyridine rings is 2. The van der Waals surface area contributed by atoms with Crippen molar-refractivity contribution in [1.29, 1.82) is 0 Å². The fourth-order valence-corrected chi connectivity index (χ4v) is 1.71. The lowest BCUT2D eigenvalue weighted by molar-refractivity contribution is 0.0698. The maximum absolute atomic E-state index is 11.0. The number of nitrogens with zero attached hydrogens (tertiary/aromatic N) is 2. The Morgan fingerprint density at radius 2 is 2.05 bits per heavy atom. The van der Waals surface area contributed by atoms with Gasteiger partial charge in [0.1, 0.15) is 0 Å². The number of nitrogen functional groups attached to an aromatic ring is 1. The maximum atomic E-state index is 11.0. The van der Waals surface area contributed by atoms with Crippen molar-refractivity contribution in [1.82, 2.24) is 9.97 Å². The summed E-state index contributed by atoms with van der Waals surface area (Å²) in [4.78, 5) is 19.4. The molecule has 19 heavy (non-hydrogen) atoms. The van der Waals surface area contributed by atoms with Gasteiger partial charge in [-0.25, -0.2) is 9.78 Å². The van der Waals surface area contributed by atoms with Crippen LogP contribution in [-0.4, -0.2) is 21.0 Å². The van der Waals surface area contributed by atoms with Gasteiger partial charge < -0.3 is 16.2 Å². The summed E-state index contributed by atoms with van der Waals surface area (Å²) in [6, 6.07) is 5.07. The highest BCUT2D eigenvalue weighted by atomic mass is 16.4. The van der Waals surface area contributed by atoms with Crippen LogP contribution >= 0.6 is 0 Å². The standard InChI is InChI=1S/C13H14N4O2/c1-7-3-4-10(8(2)16-7)17-12-11(14)9(13(18)19)5-6-15-12/h3-6H,14H2,1-2H3,(H,15,17)(H,18,19). The fourth-order valence-electron chi connectivity index (χ4n) is 1.71. The summed E-state index contributed by atoms with van der Waals surface area (Å²) < 4.78 is 0. The van der Waals surface area contributed by atoms with Crippen LogP contribution in [0.25, 0.3) is 0 Å². The van der Waals surface area contributed by atoms with E-state index in [4.69, 9.17) is 10.8 Å². The topological polar surface area (TPSA) is 101 Å². The second-order valence-electron chi connectivity index (χ2n) is 4.14. The third-order valence-corrected chi connectivity index (χ3v) is 2.70. The van der Waals surface area contributed by atoms with E-state index < -0.39 is 5.97 Å². The van der Waals surface area contributed by atoms with Crippen molar-refractivity contribution in [3.63, 3.8) is 0 Å². The first-order valence-electron chi connectivity index (χ1n) is 5.68. The number of aromatic nitrogens is 2. The number of hydrogen-bond acceptors (Lipinski definition) is 5. The Kier molecular flexibility index (Phi) is 3.33.